The minimum atomic E-state index is 0.412. The summed E-state index contributed by atoms with van der Waals surface area (Å²) in [7, 11) is 0. The summed E-state index contributed by atoms with van der Waals surface area (Å²) in [5, 5.41) is 0.718. The van der Waals surface area contributed by atoms with E-state index in [-0.39, 0.29) is 0 Å². The Morgan fingerprint density at radius 1 is 1.53 bits per heavy atom. The molecular weight excluding hydrogens is 210 g/mol. The first-order chi connectivity index (χ1) is 7.29. The van der Waals surface area contributed by atoms with Gasteiger partial charge in [-0.1, -0.05) is 6.92 Å². The van der Waals surface area contributed by atoms with Crippen molar-refractivity contribution in [3.05, 3.63) is 17.9 Å². The highest BCUT2D eigenvalue weighted by molar-refractivity contribution is 7.99. The highest BCUT2D eigenvalue weighted by atomic mass is 32.2. The molecule has 0 amide bonds. The largest absolute Gasteiger partial charge is 0.438 e. The fraction of sp³-hybridized carbons (Fsp3) is 0.545. The lowest BCUT2D eigenvalue weighted by Crippen LogP contribution is -2.25. The number of furan rings is 1. The lowest BCUT2D eigenvalue weighted by Gasteiger charge is -2.18. The van der Waals surface area contributed by atoms with Gasteiger partial charge in [0.2, 0.25) is 0 Å². The summed E-state index contributed by atoms with van der Waals surface area (Å²) in [6.07, 6.45) is 1.92. The van der Waals surface area contributed by atoms with E-state index >= 15 is 0 Å². The van der Waals surface area contributed by atoms with Gasteiger partial charge in [-0.25, -0.2) is 0 Å². The van der Waals surface area contributed by atoms with Crippen molar-refractivity contribution >= 4 is 23.9 Å². The number of rotatable bonds is 2. The van der Waals surface area contributed by atoms with E-state index in [1.54, 1.807) is 6.07 Å². The van der Waals surface area contributed by atoms with Gasteiger partial charge >= 0.3 is 0 Å². The summed E-state index contributed by atoms with van der Waals surface area (Å²) < 4.78 is 5.41. The van der Waals surface area contributed by atoms with Crippen molar-refractivity contribution in [2.75, 3.05) is 23.7 Å². The lowest BCUT2D eigenvalue weighted by atomic mass is 10.3. The SMILES string of the molecule is CC1CCN(c2ccc(C=O)o2)CCS1. The summed E-state index contributed by atoms with van der Waals surface area (Å²) in [6.45, 7) is 4.27. The molecule has 1 aliphatic rings. The first-order valence-corrected chi connectivity index (χ1v) is 6.26. The summed E-state index contributed by atoms with van der Waals surface area (Å²) in [5.74, 6) is 2.36. The molecule has 0 saturated carbocycles. The molecular formula is C11H15NO2S. The van der Waals surface area contributed by atoms with Crippen molar-refractivity contribution in [2.24, 2.45) is 0 Å². The Morgan fingerprint density at radius 3 is 3.13 bits per heavy atom. The molecule has 2 heterocycles. The number of carbonyl (C=O) groups excluding carboxylic acids is 1. The third-order valence-corrected chi connectivity index (χ3v) is 3.83. The van der Waals surface area contributed by atoms with E-state index in [4.69, 9.17) is 4.42 Å². The molecule has 0 radical (unpaired) electrons. The van der Waals surface area contributed by atoms with Gasteiger partial charge in [-0.05, 0) is 12.5 Å². The minimum Gasteiger partial charge on any atom is -0.438 e. The molecule has 1 saturated heterocycles. The molecule has 1 aromatic heterocycles. The first-order valence-electron chi connectivity index (χ1n) is 5.21. The summed E-state index contributed by atoms with van der Waals surface area (Å²) in [4.78, 5) is 12.7. The van der Waals surface area contributed by atoms with Crippen molar-refractivity contribution in [1.82, 2.24) is 0 Å². The Balaban J connectivity index is 2.06. The Bertz CT molecular complexity index is 337. The zero-order chi connectivity index (χ0) is 10.7. The number of thioether (sulfide) groups is 1. The van der Waals surface area contributed by atoms with E-state index in [0.29, 0.717) is 5.76 Å². The molecule has 0 aliphatic carbocycles. The molecule has 15 heavy (non-hydrogen) atoms. The average Bonchev–Trinajstić information content (AvgIpc) is 2.62. The first kappa shape index (κ1) is 10.6. The van der Waals surface area contributed by atoms with Gasteiger partial charge < -0.3 is 9.32 Å². The second kappa shape index (κ2) is 4.75. The molecule has 1 unspecified atom stereocenters. The third kappa shape index (κ3) is 2.56. The van der Waals surface area contributed by atoms with E-state index in [1.807, 2.05) is 17.8 Å². The van der Waals surface area contributed by atoms with E-state index in [9.17, 15) is 4.79 Å². The maximum Gasteiger partial charge on any atom is 0.196 e. The molecule has 0 spiro atoms. The summed E-state index contributed by atoms with van der Waals surface area (Å²) >= 11 is 2.00. The number of hydrogen-bond donors (Lipinski definition) is 0. The molecule has 4 heteroatoms. The standard InChI is InChI=1S/C11H15NO2S/c1-9-4-5-12(6-7-15-9)11-3-2-10(8-13)14-11/h2-3,8-9H,4-7H2,1H3. The van der Waals surface area contributed by atoms with Crippen molar-refractivity contribution in [3.63, 3.8) is 0 Å². The van der Waals surface area contributed by atoms with Crippen LogP contribution in [-0.4, -0.2) is 30.4 Å². The molecule has 1 fully saturated rings. The summed E-state index contributed by atoms with van der Waals surface area (Å²) in [5.41, 5.74) is 0. The predicted molar refractivity (Wildman–Crippen MR) is 62.8 cm³/mol. The fourth-order valence-electron chi connectivity index (χ4n) is 1.69. The molecule has 1 atom stereocenters. The van der Waals surface area contributed by atoms with Crippen molar-refractivity contribution in [3.8, 4) is 0 Å². The molecule has 82 valence electrons. The highest BCUT2D eigenvalue weighted by Crippen LogP contribution is 2.24. The van der Waals surface area contributed by atoms with Crippen LogP contribution in [-0.2, 0) is 0 Å². The Labute approximate surface area is 93.8 Å². The van der Waals surface area contributed by atoms with E-state index < -0.39 is 0 Å². The lowest BCUT2D eigenvalue weighted by molar-refractivity contribution is 0.110. The van der Waals surface area contributed by atoms with Crippen LogP contribution in [0.3, 0.4) is 0 Å². The van der Waals surface area contributed by atoms with Crippen LogP contribution in [0.4, 0.5) is 5.88 Å². The van der Waals surface area contributed by atoms with Crippen LogP contribution in [0.25, 0.3) is 0 Å². The van der Waals surface area contributed by atoms with Crippen LogP contribution in [0.15, 0.2) is 16.5 Å². The van der Waals surface area contributed by atoms with Crippen LogP contribution in [0.5, 0.6) is 0 Å². The maximum atomic E-state index is 10.5. The van der Waals surface area contributed by atoms with Crippen LogP contribution >= 0.6 is 11.8 Å². The molecule has 3 nitrogen and oxygen atoms in total. The highest BCUT2D eigenvalue weighted by Gasteiger charge is 2.16. The van der Waals surface area contributed by atoms with E-state index in [1.165, 1.54) is 6.42 Å². The van der Waals surface area contributed by atoms with Crippen molar-refractivity contribution < 1.29 is 9.21 Å². The van der Waals surface area contributed by atoms with Gasteiger partial charge in [-0.3, -0.25) is 4.79 Å². The molecule has 0 N–H and O–H groups in total. The molecule has 1 aliphatic heterocycles. The number of nitrogens with zero attached hydrogens (tertiary/aromatic N) is 1. The normalized spacial score (nSPS) is 22.5. The van der Waals surface area contributed by atoms with Crippen LogP contribution in [0.1, 0.15) is 23.9 Å². The van der Waals surface area contributed by atoms with Gasteiger partial charge in [0.25, 0.3) is 0 Å². The average molecular weight is 225 g/mol. The van der Waals surface area contributed by atoms with Crippen molar-refractivity contribution in [1.29, 1.82) is 0 Å². The minimum absolute atomic E-state index is 0.412. The zero-order valence-electron chi connectivity index (χ0n) is 8.81. The number of anilines is 1. The molecule has 1 aromatic rings. The Morgan fingerprint density at radius 2 is 2.40 bits per heavy atom. The topological polar surface area (TPSA) is 33.5 Å². The van der Waals surface area contributed by atoms with Gasteiger partial charge in [0.1, 0.15) is 0 Å². The second-order valence-electron chi connectivity index (χ2n) is 3.75. The molecule has 0 aromatic carbocycles. The molecule has 0 bridgehead atoms. The monoisotopic (exact) mass is 225 g/mol. The molecule has 2 rings (SSSR count). The van der Waals surface area contributed by atoms with E-state index in [0.717, 1.165) is 36.3 Å². The van der Waals surface area contributed by atoms with Gasteiger partial charge in [0.05, 0.1) is 0 Å². The van der Waals surface area contributed by atoms with Gasteiger partial charge in [-0.15, -0.1) is 0 Å². The van der Waals surface area contributed by atoms with Crippen molar-refractivity contribution in [2.45, 2.75) is 18.6 Å². The number of hydrogen-bond acceptors (Lipinski definition) is 4. The van der Waals surface area contributed by atoms with Crippen LogP contribution in [0.2, 0.25) is 0 Å². The van der Waals surface area contributed by atoms with Gasteiger partial charge in [-0.2, -0.15) is 11.8 Å². The quantitative estimate of drug-likeness (QED) is 0.724. The Kier molecular flexibility index (Phi) is 3.36. The number of aldehydes is 1. The maximum absolute atomic E-state index is 10.5. The predicted octanol–water partition coefficient (Wildman–Crippen LogP) is 2.42. The third-order valence-electron chi connectivity index (χ3n) is 2.61. The zero-order valence-corrected chi connectivity index (χ0v) is 9.63. The summed E-state index contributed by atoms with van der Waals surface area (Å²) in [6, 6.07) is 3.61. The van der Waals surface area contributed by atoms with Gasteiger partial charge in [0.15, 0.2) is 17.9 Å². The van der Waals surface area contributed by atoms with Gasteiger partial charge in [0, 0.05) is 30.2 Å². The van der Waals surface area contributed by atoms with Crippen LogP contribution < -0.4 is 4.90 Å². The number of carbonyl (C=O) groups is 1. The fourth-order valence-corrected chi connectivity index (χ4v) is 2.69. The second-order valence-corrected chi connectivity index (χ2v) is 5.30. The Hall–Kier alpha value is -0.900. The van der Waals surface area contributed by atoms with E-state index in [2.05, 4.69) is 11.8 Å². The smallest absolute Gasteiger partial charge is 0.196 e. The van der Waals surface area contributed by atoms with Crippen LogP contribution in [0, 0.1) is 0 Å².